The molecular formula is C8H16NO2. The number of hydroxylamine groups is 1. The molecule has 1 atom stereocenters. The highest BCUT2D eigenvalue weighted by atomic mass is 16.6. The molecule has 11 heavy (non-hydrogen) atoms. The molecule has 0 spiro atoms. The molecule has 0 fully saturated rings. The van der Waals surface area contributed by atoms with Crippen molar-refractivity contribution in [2.24, 2.45) is 0 Å². The van der Waals surface area contributed by atoms with Gasteiger partial charge in [0.05, 0.1) is 12.6 Å². The molecule has 3 nitrogen and oxygen atoms in total. The van der Waals surface area contributed by atoms with Gasteiger partial charge in [-0.25, -0.2) is 0 Å². The molecule has 0 bridgehead atoms. The fourth-order valence-electron chi connectivity index (χ4n) is 0.632. The van der Waals surface area contributed by atoms with E-state index in [2.05, 4.69) is 12.4 Å². The third-order valence-corrected chi connectivity index (χ3v) is 1.29. The van der Waals surface area contributed by atoms with Crippen molar-refractivity contribution in [1.29, 1.82) is 0 Å². The molecule has 0 aliphatic heterocycles. The molecule has 1 N–H and O–H groups in total. The van der Waals surface area contributed by atoms with Crippen LogP contribution in [0.4, 0.5) is 0 Å². The maximum Gasteiger partial charge on any atom is 0.219 e. The second kappa shape index (κ2) is 7.69. The van der Waals surface area contributed by atoms with E-state index in [-0.39, 0.29) is 6.04 Å². The third kappa shape index (κ3) is 7.49. The summed E-state index contributed by atoms with van der Waals surface area (Å²) < 4.78 is 0. The van der Waals surface area contributed by atoms with Crippen molar-refractivity contribution in [3.8, 4) is 0 Å². The van der Waals surface area contributed by atoms with Crippen molar-refractivity contribution in [3.05, 3.63) is 0 Å². The third-order valence-electron chi connectivity index (χ3n) is 1.29. The van der Waals surface area contributed by atoms with E-state index in [1.54, 1.807) is 13.2 Å². The fourth-order valence-corrected chi connectivity index (χ4v) is 0.632. The Morgan fingerprint density at radius 1 is 1.55 bits per heavy atom. The number of rotatable bonds is 7. The quantitative estimate of drug-likeness (QED) is 0.447. The van der Waals surface area contributed by atoms with Gasteiger partial charge in [0, 0.05) is 0 Å². The minimum Gasteiger partial charge on any atom is -0.301 e. The highest BCUT2D eigenvalue weighted by Gasteiger charge is 1.97. The van der Waals surface area contributed by atoms with Gasteiger partial charge in [-0.2, -0.15) is 5.48 Å². The van der Waals surface area contributed by atoms with E-state index in [9.17, 15) is 4.79 Å². The lowest BCUT2D eigenvalue weighted by molar-refractivity contribution is 0.0308. The second-order valence-electron chi connectivity index (χ2n) is 2.51. The van der Waals surface area contributed by atoms with Crippen LogP contribution < -0.4 is 5.48 Å². The molecule has 0 aromatic carbocycles. The topological polar surface area (TPSA) is 38.3 Å². The number of unbranched alkanes of at least 4 members (excludes halogenated alkanes) is 2. The van der Waals surface area contributed by atoms with Crippen molar-refractivity contribution >= 4 is 6.29 Å². The van der Waals surface area contributed by atoms with Crippen LogP contribution in [0.3, 0.4) is 0 Å². The average Bonchev–Trinajstić information content (AvgIpc) is 2.04. The Bertz CT molecular complexity index is 96.1. The summed E-state index contributed by atoms with van der Waals surface area (Å²) in [5, 5.41) is 0. The van der Waals surface area contributed by atoms with Crippen molar-refractivity contribution in [1.82, 2.24) is 5.48 Å². The highest BCUT2D eigenvalue weighted by Crippen LogP contribution is 1.92. The summed E-state index contributed by atoms with van der Waals surface area (Å²) in [4.78, 5) is 14.9. The van der Waals surface area contributed by atoms with Gasteiger partial charge in [0.15, 0.2) is 0 Å². The van der Waals surface area contributed by atoms with Gasteiger partial charge in [0.25, 0.3) is 0 Å². The summed E-state index contributed by atoms with van der Waals surface area (Å²) in [5.41, 5.74) is 2.57. The molecule has 3 heteroatoms. The Kier molecular flexibility index (Phi) is 7.41. The molecule has 0 aromatic heterocycles. The number of hydrogen-bond donors (Lipinski definition) is 1. The van der Waals surface area contributed by atoms with Gasteiger partial charge >= 0.3 is 0 Å². The van der Waals surface area contributed by atoms with Gasteiger partial charge in [-0.1, -0.05) is 19.8 Å². The first-order valence-corrected chi connectivity index (χ1v) is 4.06. The fraction of sp³-hybridized carbons (Fsp3) is 0.875. The highest BCUT2D eigenvalue weighted by molar-refractivity contribution is 5.57. The normalized spacial score (nSPS) is 12.9. The lowest BCUT2D eigenvalue weighted by atomic mass is 10.3. The van der Waals surface area contributed by atoms with E-state index < -0.39 is 0 Å². The van der Waals surface area contributed by atoms with Crippen LogP contribution in [-0.2, 0) is 9.63 Å². The van der Waals surface area contributed by atoms with Crippen LogP contribution in [0.1, 0.15) is 33.1 Å². The molecule has 0 saturated heterocycles. The predicted octanol–water partition coefficient (Wildman–Crippen LogP) is 1.20. The SMILES string of the molecule is CCCCCONC(C)[C]=O. The molecule has 0 aromatic rings. The summed E-state index contributed by atoms with van der Waals surface area (Å²) >= 11 is 0. The van der Waals surface area contributed by atoms with Crippen LogP contribution in [0.25, 0.3) is 0 Å². The van der Waals surface area contributed by atoms with Crippen molar-refractivity contribution in [2.75, 3.05) is 6.61 Å². The molecule has 1 unspecified atom stereocenters. The Labute approximate surface area is 68.1 Å². The summed E-state index contributed by atoms with van der Waals surface area (Å²) in [5.74, 6) is 0. The van der Waals surface area contributed by atoms with Gasteiger partial charge in [-0.3, -0.25) is 4.79 Å². The molecule has 65 valence electrons. The zero-order valence-electron chi connectivity index (χ0n) is 7.22. The molecule has 0 heterocycles. The Balaban J connectivity index is 2.95. The standard InChI is InChI=1S/C8H16NO2/c1-3-4-5-6-11-9-8(2)7-10/h8-9H,3-6H2,1-2H3. The van der Waals surface area contributed by atoms with E-state index >= 15 is 0 Å². The molecular weight excluding hydrogens is 142 g/mol. The van der Waals surface area contributed by atoms with Crippen LogP contribution in [0, 0.1) is 0 Å². The predicted molar refractivity (Wildman–Crippen MR) is 43.8 cm³/mol. The zero-order chi connectivity index (χ0) is 8.53. The second-order valence-corrected chi connectivity index (χ2v) is 2.51. The van der Waals surface area contributed by atoms with Crippen molar-refractivity contribution in [3.63, 3.8) is 0 Å². The van der Waals surface area contributed by atoms with E-state index in [0.29, 0.717) is 6.61 Å². The van der Waals surface area contributed by atoms with Gasteiger partial charge in [0.1, 0.15) is 0 Å². The van der Waals surface area contributed by atoms with E-state index in [1.807, 2.05) is 0 Å². The molecule has 0 aliphatic rings. The maximum atomic E-state index is 9.96. The summed E-state index contributed by atoms with van der Waals surface area (Å²) in [6, 6.07) is -0.323. The summed E-state index contributed by atoms with van der Waals surface area (Å²) in [7, 11) is 0. The first-order chi connectivity index (χ1) is 5.31. The van der Waals surface area contributed by atoms with Gasteiger partial charge < -0.3 is 4.84 Å². The van der Waals surface area contributed by atoms with Crippen LogP contribution >= 0.6 is 0 Å². The monoisotopic (exact) mass is 158 g/mol. The van der Waals surface area contributed by atoms with Gasteiger partial charge in [-0.15, -0.1) is 0 Å². The molecule has 0 rings (SSSR count). The minimum atomic E-state index is -0.323. The van der Waals surface area contributed by atoms with Crippen LogP contribution in [0.2, 0.25) is 0 Å². The Morgan fingerprint density at radius 3 is 2.82 bits per heavy atom. The van der Waals surface area contributed by atoms with E-state index in [1.165, 1.54) is 12.8 Å². The Morgan fingerprint density at radius 2 is 2.27 bits per heavy atom. The lowest BCUT2D eigenvalue weighted by Crippen LogP contribution is -2.27. The molecule has 1 radical (unpaired) electrons. The van der Waals surface area contributed by atoms with Gasteiger partial charge in [-0.05, 0) is 13.3 Å². The summed E-state index contributed by atoms with van der Waals surface area (Å²) in [6.07, 6.45) is 5.15. The lowest BCUT2D eigenvalue weighted by Gasteiger charge is -2.05. The molecule has 0 saturated carbocycles. The van der Waals surface area contributed by atoms with Crippen molar-refractivity contribution in [2.45, 2.75) is 39.2 Å². The van der Waals surface area contributed by atoms with E-state index in [0.717, 1.165) is 6.42 Å². The largest absolute Gasteiger partial charge is 0.301 e. The zero-order valence-corrected chi connectivity index (χ0v) is 7.22. The van der Waals surface area contributed by atoms with E-state index in [4.69, 9.17) is 4.84 Å². The Hall–Kier alpha value is -0.410. The average molecular weight is 158 g/mol. The maximum absolute atomic E-state index is 9.96. The minimum absolute atomic E-state index is 0.323. The van der Waals surface area contributed by atoms with Crippen LogP contribution in [-0.4, -0.2) is 18.9 Å². The first kappa shape index (κ1) is 10.6. The summed E-state index contributed by atoms with van der Waals surface area (Å²) in [6.45, 7) is 4.50. The number of nitrogens with one attached hydrogen (secondary N) is 1. The molecule has 0 aliphatic carbocycles. The first-order valence-electron chi connectivity index (χ1n) is 4.06. The van der Waals surface area contributed by atoms with Crippen LogP contribution in [0.5, 0.6) is 0 Å². The van der Waals surface area contributed by atoms with Crippen molar-refractivity contribution < 1.29 is 9.63 Å². The smallest absolute Gasteiger partial charge is 0.219 e. The number of carbonyl (C=O) groups excluding carboxylic acids is 1. The number of hydrogen-bond acceptors (Lipinski definition) is 3. The molecule has 0 amide bonds. The van der Waals surface area contributed by atoms with Crippen LogP contribution in [0.15, 0.2) is 0 Å². The van der Waals surface area contributed by atoms with Gasteiger partial charge in [0.2, 0.25) is 6.29 Å².